The Labute approximate surface area is 95.3 Å². The molecule has 1 aliphatic heterocycles. The fraction of sp³-hybridized carbons (Fsp3) is 0.364. The second-order valence-corrected chi connectivity index (χ2v) is 5.86. The standard InChI is InChI=1S/C11H14N2O2S/c1-9(10-2-5-12-6-3-10)13-11-4-7-16(14,15)8-11/h2-7,9,11,13H,8H2,1H3. The first-order valence-electron chi connectivity index (χ1n) is 5.14. The molecule has 2 atom stereocenters. The van der Waals surface area contributed by atoms with Gasteiger partial charge in [-0.3, -0.25) is 4.98 Å². The Morgan fingerprint density at radius 3 is 2.69 bits per heavy atom. The molecule has 0 saturated heterocycles. The molecule has 2 heterocycles. The molecule has 0 fully saturated rings. The zero-order valence-corrected chi connectivity index (χ0v) is 9.81. The molecule has 0 spiro atoms. The van der Waals surface area contributed by atoms with Gasteiger partial charge in [0.25, 0.3) is 0 Å². The fourth-order valence-corrected chi connectivity index (χ4v) is 3.00. The first kappa shape index (κ1) is 11.3. The lowest BCUT2D eigenvalue weighted by Crippen LogP contribution is -2.32. The smallest absolute Gasteiger partial charge is 0.173 e. The number of rotatable bonds is 3. The van der Waals surface area contributed by atoms with Crippen LogP contribution in [0.1, 0.15) is 18.5 Å². The zero-order valence-electron chi connectivity index (χ0n) is 9.00. The Bertz CT molecular complexity index is 482. The lowest BCUT2D eigenvalue weighted by molar-refractivity contribution is 0.534. The van der Waals surface area contributed by atoms with Crippen LogP contribution in [0.3, 0.4) is 0 Å². The van der Waals surface area contributed by atoms with Crippen LogP contribution >= 0.6 is 0 Å². The van der Waals surface area contributed by atoms with Gasteiger partial charge in [-0.25, -0.2) is 8.42 Å². The summed E-state index contributed by atoms with van der Waals surface area (Å²) in [7, 11) is -2.98. The summed E-state index contributed by atoms with van der Waals surface area (Å²) in [6.07, 6.45) is 5.16. The van der Waals surface area contributed by atoms with Crippen LogP contribution in [0.5, 0.6) is 0 Å². The van der Waals surface area contributed by atoms with E-state index in [1.165, 1.54) is 5.41 Å². The third-order valence-corrected chi connectivity index (χ3v) is 4.00. The van der Waals surface area contributed by atoms with E-state index in [1.54, 1.807) is 18.5 Å². The van der Waals surface area contributed by atoms with E-state index < -0.39 is 9.84 Å². The minimum atomic E-state index is -2.98. The monoisotopic (exact) mass is 238 g/mol. The van der Waals surface area contributed by atoms with Crippen molar-refractivity contribution in [2.75, 3.05) is 5.75 Å². The molecule has 5 heteroatoms. The van der Waals surface area contributed by atoms with E-state index in [4.69, 9.17) is 0 Å². The van der Waals surface area contributed by atoms with E-state index >= 15 is 0 Å². The van der Waals surface area contributed by atoms with Crippen LogP contribution < -0.4 is 5.32 Å². The van der Waals surface area contributed by atoms with Crippen LogP contribution in [0.25, 0.3) is 0 Å². The van der Waals surface area contributed by atoms with E-state index in [1.807, 2.05) is 19.1 Å². The second-order valence-electron chi connectivity index (χ2n) is 3.93. The molecular formula is C11H14N2O2S. The third-order valence-electron chi connectivity index (χ3n) is 2.60. The lowest BCUT2D eigenvalue weighted by atomic mass is 10.1. The SMILES string of the molecule is CC(NC1C=CS(=O)(=O)C1)c1ccncc1. The van der Waals surface area contributed by atoms with Gasteiger partial charge in [0.2, 0.25) is 0 Å². The van der Waals surface area contributed by atoms with Crippen LogP contribution in [0.4, 0.5) is 0 Å². The summed E-state index contributed by atoms with van der Waals surface area (Å²) >= 11 is 0. The predicted molar refractivity (Wildman–Crippen MR) is 62.5 cm³/mol. The molecule has 0 bridgehead atoms. The summed E-state index contributed by atoms with van der Waals surface area (Å²) in [5.74, 6) is 0.155. The van der Waals surface area contributed by atoms with Crippen molar-refractivity contribution in [1.29, 1.82) is 0 Å². The molecule has 0 radical (unpaired) electrons. The number of hydrogen-bond acceptors (Lipinski definition) is 4. The van der Waals surface area contributed by atoms with Gasteiger partial charge in [-0.1, -0.05) is 6.08 Å². The normalized spacial score (nSPS) is 24.4. The van der Waals surface area contributed by atoms with Gasteiger partial charge in [-0.05, 0) is 24.6 Å². The molecule has 16 heavy (non-hydrogen) atoms. The number of sulfone groups is 1. The predicted octanol–water partition coefficient (Wildman–Crippen LogP) is 1.04. The maximum absolute atomic E-state index is 11.2. The summed E-state index contributed by atoms with van der Waals surface area (Å²) in [5.41, 5.74) is 1.10. The molecule has 86 valence electrons. The van der Waals surface area contributed by atoms with Crippen LogP contribution in [-0.4, -0.2) is 25.2 Å². The van der Waals surface area contributed by atoms with Crippen molar-refractivity contribution >= 4 is 9.84 Å². The van der Waals surface area contributed by atoms with Crippen molar-refractivity contribution in [2.24, 2.45) is 0 Å². The van der Waals surface area contributed by atoms with Crippen molar-refractivity contribution in [3.05, 3.63) is 41.6 Å². The van der Waals surface area contributed by atoms with Gasteiger partial charge in [-0.15, -0.1) is 0 Å². The Morgan fingerprint density at radius 1 is 1.44 bits per heavy atom. The lowest BCUT2D eigenvalue weighted by Gasteiger charge is -2.17. The van der Waals surface area contributed by atoms with Crippen molar-refractivity contribution < 1.29 is 8.42 Å². The van der Waals surface area contributed by atoms with Gasteiger partial charge < -0.3 is 5.32 Å². The average molecular weight is 238 g/mol. The molecule has 0 amide bonds. The molecule has 0 saturated carbocycles. The van der Waals surface area contributed by atoms with Gasteiger partial charge in [0.15, 0.2) is 9.84 Å². The maximum Gasteiger partial charge on any atom is 0.173 e. The number of nitrogens with zero attached hydrogens (tertiary/aromatic N) is 1. The topological polar surface area (TPSA) is 59.1 Å². The molecule has 1 aromatic rings. The Kier molecular flexibility index (Phi) is 3.07. The zero-order chi connectivity index (χ0) is 11.6. The molecule has 0 aliphatic carbocycles. The minimum Gasteiger partial charge on any atom is -0.303 e. The number of aromatic nitrogens is 1. The highest BCUT2D eigenvalue weighted by Gasteiger charge is 2.22. The maximum atomic E-state index is 11.2. The number of nitrogens with one attached hydrogen (secondary N) is 1. The van der Waals surface area contributed by atoms with Crippen LogP contribution in [0.2, 0.25) is 0 Å². The molecule has 2 unspecified atom stereocenters. The van der Waals surface area contributed by atoms with Crippen molar-refractivity contribution in [1.82, 2.24) is 10.3 Å². The van der Waals surface area contributed by atoms with Crippen molar-refractivity contribution in [3.63, 3.8) is 0 Å². The van der Waals surface area contributed by atoms with E-state index in [-0.39, 0.29) is 17.8 Å². The molecule has 4 nitrogen and oxygen atoms in total. The first-order chi connectivity index (χ1) is 7.57. The fourth-order valence-electron chi connectivity index (χ4n) is 1.75. The highest BCUT2D eigenvalue weighted by molar-refractivity contribution is 7.94. The summed E-state index contributed by atoms with van der Waals surface area (Å²) in [5, 5.41) is 4.54. The summed E-state index contributed by atoms with van der Waals surface area (Å²) in [4.78, 5) is 3.95. The number of pyridine rings is 1. The van der Waals surface area contributed by atoms with E-state index in [9.17, 15) is 8.42 Å². The van der Waals surface area contributed by atoms with Gasteiger partial charge in [0, 0.05) is 29.9 Å². The summed E-state index contributed by atoms with van der Waals surface area (Å²) in [6, 6.07) is 3.87. The van der Waals surface area contributed by atoms with Crippen LogP contribution in [0.15, 0.2) is 36.0 Å². The van der Waals surface area contributed by atoms with Crippen molar-refractivity contribution in [2.45, 2.75) is 19.0 Å². The Balaban J connectivity index is 2.00. The molecular weight excluding hydrogens is 224 g/mol. The molecule has 1 aromatic heterocycles. The van der Waals surface area contributed by atoms with Crippen LogP contribution in [-0.2, 0) is 9.84 Å². The van der Waals surface area contributed by atoms with Gasteiger partial charge >= 0.3 is 0 Å². The minimum absolute atomic E-state index is 0.0897. The summed E-state index contributed by atoms with van der Waals surface area (Å²) < 4.78 is 22.4. The second kappa shape index (κ2) is 4.35. The van der Waals surface area contributed by atoms with Gasteiger partial charge in [0.1, 0.15) is 0 Å². The summed E-state index contributed by atoms with van der Waals surface area (Å²) in [6.45, 7) is 2.01. The largest absolute Gasteiger partial charge is 0.303 e. The highest BCUT2D eigenvalue weighted by Crippen LogP contribution is 2.15. The highest BCUT2D eigenvalue weighted by atomic mass is 32.2. The molecule has 2 rings (SSSR count). The molecule has 0 aromatic carbocycles. The number of hydrogen-bond donors (Lipinski definition) is 1. The van der Waals surface area contributed by atoms with E-state index in [2.05, 4.69) is 10.3 Å². The average Bonchev–Trinajstić information content (AvgIpc) is 2.59. The molecule has 1 aliphatic rings. The molecule has 1 N–H and O–H groups in total. The Hall–Kier alpha value is -1.20. The van der Waals surface area contributed by atoms with E-state index in [0.717, 1.165) is 5.56 Å². The van der Waals surface area contributed by atoms with E-state index in [0.29, 0.717) is 0 Å². The van der Waals surface area contributed by atoms with Gasteiger partial charge in [-0.2, -0.15) is 0 Å². The first-order valence-corrected chi connectivity index (χ1v) is 6.85. The Morgan fingerprint density at radius 2 is 2.12 bits per heavy atom. The van der Waals surface area contributed by atoms with Gasteiger partial charge in [0.05, 0.1) is 5.75 Å². The van der Waals surface area contributed by atoms with Crippen LogP contribution in [0, 0.1) is 0 Å². The quantitative estimate of drug-likeness (QED) is 0.855. The third kappa shape index (κ3) is 2.68. The van der Waals surface area contributed by atoms with Crippen molar-refractivity contribution in [3.8, 4) is 0 Å².